The van der Waals surface area contributed by atoms with Crippen LogP contribution in [0.4, 0.5) is 0 Å². The quantitative estimate of drug-likeness (QED) is 0.598. The Hall–Kier alpha value is -2.75. The molecule has 0 aliphatic carbocycles. The smallest absolute Gasteiger partial charge is 0.342 e. The third-order valence-electron chi connectivity index (χ3n) is 4.16. The highest BCUT2D eigenvalue weighted by molar-refractivity contribution is 6.04. The lowest BCUT2D eigenvalue weighted by Crippen LogP contribution is -2.25. The van der Waals surface area contributed by atoms with Gasteiger partial charge in [0.25, 0.3) is 0 Å². The van der Waals surface area contributed by atoms with Gasteiger partial charge in [-0.25, -0.2) is 4.79 Å². The van der Waals surface area contributed by atoms with E-state index in [4.69, 9.17) is 13.9 Å². The Balaban J connectivity index is 1.98. The van der Waals surface area contributed by atoms with Crippen molar-refractivity contribution in [1.82, 2.24) is 0 Å². The van der Waals surface area contributed by atoms with Gasteiger partial charge >= 0.3 is 5.97 Å². The SMILES string of the molecule is CCOC(=O)c1c(C)oc2ccc(OC(C)(C)c3ccccc3)cc12. The molecule has 0 bridgehead atoms. The monoisotopic (exact) mass is 338 g/mol. The highest BCUT2D eigenvalue weighted by Crippen LogP contribution is 2.33. The Labute approximate surface area is 147 Å². The molecule has 2 aromatic carbocycles. The van der Waals surface area contributed by atoms with E-state index in [-0.39, 0.29) is 5.97 Å². The molecule has 4 nitrogen and oxygen atoms in total. The molecule has 0 atom stereocenters. The van der Waals surface area contributed by atoms with Crippen LogP contribution in [0.5, 0.6) is 5.75 Å². The molecule has 1 heterocycles. The number of furan rings is 1. The van der Waals surface area contributed by atoms with Crippen LogP contribution in [0.1, 0.15) is 42.5 Å². The molecule has 4 heteroatoms. The number of rotatable bonds is 5. The molecule has 0 radical (unpaired) electrons. The molecule has 0 aliphatic heterocycles. The summed E-state index contributed by atoms with van der Waals surface area (Å²) in [6, 6.07) is 15.5. The highest BCUT2D eigenvalue weighted by Gasteiger charge is 2.24. The van der Waals surface area contributed by atoms with Crippen molar-refractivity contribution in [2.45, 2.75) is 33.3 Å². The zero-order valence-electron chi connectivity index (χ0n) is 15.0. The van der Waals surface area contributed by atoms with Crippen LogP contribution >= 0.6 is 0 Å². The zero-order valence-corrected chi connectivity index (χ0v) is 15.0. The lowest BCUT2D eigenvalue weighted by Gasteiger charge is -2.27. The first kappa shape index (κ1) is 17.1. The second-order valence-electron chi connectivity index (χ2n) is 6.39. The topological polar surface area (TPSA) is 48.7 Å². The lowest BCUT2D eigenvalue weighted by atomic mass is 9.98. The third-order valence-corrected chi connectivity index (χ3v) is 4.16. The second kappa shape index (κ2) is 6.63. The fraction of sp³-hybridized carbons (Fsp3) is 0.286. The summed E-state index contributed by atoms with van der Waals surface area (Å²) in [7, 11) is 0. The highest BCUT2D eigenvalue weighted by atomic mass is 16.5. The summed E-state index contributed by atoms with van der Waals surface area (Å²) < 4.78 is 17.0. The summed E-state index contributed by atoms with van der Waals surface area (Å²) >= 11 is 0. The summed E-state index contributed by atoms with van der Waals surface area (Å²) in [5.41, 5.74) is 1.67. The summed E-state index contributed by atoms with van der Waals surface area (Å²) in [5, 5.41) is 0.706. The number of aryl methyl sites for hydroxylation is 1. The lowest BCUT2D eigenvalue weighted by molar-refractivity contribution is 0.0526. The Bertz CT molecular complexity index is 891. The van der Waals surface area contributed by atoms with Crippen molar-refractivity contribution in [3.63, 3.8) is 0 Å². The van der Waals surface area contributed by atoms with Gasteiger partial charge in [-0.2, -0.15) is 0 Å². The molecule has 0 saturated heterocycles. The Morgan fingerprint density at radius 2 is 1.84 bits per heavy atom. The molecule has 0 aliphatic rings. The maximum atomic E-state index is 12.2. The van der Waals surface area contributed by atoms with Crippen LogP contribution in [0.15, 0.2) is 52.9 Å². The van der Waals surface area contributed by atoms with Gasteiger partial charge in [-0.05, 0) is 51.5 Å². The molecule has 0 unspecified atom stereocenters. The molecule has 0 saturated carbocycles. The molecule has 0 fully saturated rings. The number of carbonyl (C=O) groups is 1. The predicted molar refractivity (Wildman–Crippen MR) is 97.0 cm³/mol. The normalized spacial score (nSPS) is 11.5. The fourth-order valence-corrected chi connectivity index (χ4v) is 2.91. The molecular formula is C21H22O4. The van der Waals surface area contributed by atoms with Gasteiger partial charge in [0.05, 0.1) is 6.61 Å². The first-order chi connectivity index (χ1) is 11.9. The Morgan fingerprint density at radius 3 is 2.52 bits per heavy atom. The van der Waals surface area contributed by atoms with Crippen molar-refractivity contribution in [3.05, 3.63) is 65.4 Å². The van der Waals surface area contributed by atoms with Crippen molar-refractivity contribution >= 4 is 16.9 Å². The van der Waals surface area contributed by atoms with Gasteiger partial charge in [-0.3, -0.25) is 0 Å². The van der Waals surface area contributed by atoms with Crippen LogP contribution in [-0.2, 0) is 10.3 Å². The second-order valence-corrected chi connectivity index (χ2v) is 6.39. The molecular weight excluding hydrogens is 316 g/mol. The van der Waals surface area contributed by atoms with E-state index < -0.39 is 5.60 Å². The minimum atomic E-state index is -0.502. The molecule has 25 heavy (non-hydrogen) atoms. The fourth-order valence-electron chi connectivity index (χ4n) is 2.91. The molecule has 3 aromatic rings. The van der Waals surface area contributed by atoms with Crippen molar-refractivity contribution < 1.29 is 18.7 Å². The maximum absolute atomic E-state index is 12.2. The number of hydrogen-bond acceptors (Lipinski definition) is 4. The van der Waals surface area contributed by atoms with Crippen LogP contribution < -0.4 is 4.74 Å². The van der Waals surface area contributed by atoms with E-state index in [2.05, 4.69) is 0 Å². The minimum absolute atomic E-state index is 0.322. The van der Waals surface area contributed by atoms with Crippen molar-refractivity contribution in [2.24, 2.45) is 0 Å². The molecule has 0 amide bonds. The minimum Gasteiger partial charge on any atom is -0.483 e. The van der Waals surface area contributed by atoms with E-state index in [1.807, 2.05) is 62.4 Å². The van der Waals surface area contributed by atoms with Crippen LogP contribution in [0.3, 0.4) is 0 Å². The van der Waals surface area contributed by atoms with E-state index in [1.54, 1.807) is 13.8 Å². The van der Waals surface area contributed by atoms with E-state index in [0.29, 0.717) is 34.6 Å². The molecule has 130 valence electrons. The number of carbonyl (C=O) groups excluding carboxylic acids is 1. The standard InChI is InChI=1S/C21H22O4/c1-5-23-20(22)19-14(2)24-18-12-11-16(13-17(18)19)25-21(3,4)15-9-7-6-8-10-15/h6-13H,5H2,1-4H3. The molecule has 3 rings (SSSR count). The van der Waals surface area contributed by atoms with Crippen LogP contribution in [-0.4, -0.2) is 12.6 Å². The van der Waals surface area contributed by atoms with Crippen molar-refractivity contribution in [2.75, 3.05) is 6.61 Å². The maximum Gasteiger partial charge on any atom is 0.342 e. The van der Waals surface area contributed by atoms with Crippen molar-refractivity contribution in [3.8, 4) is 5.75 Å². The van der Waals surface area contributed by atoms with E-state index in [9.17, 15) is 4.79 Å². The van der Waals surface area contributed by atoms with E-state index >= 15 is 0 Å². The van der Waals surface area contributed by atoms with Gasteiger partial charge in [-0.15, -0.1) is 0 Å². The summed E-state index contributed by atoms with van der Waals surface area (Å²) in [5.74, 6) is 0.846. The van der Waals surface area contributed by atoms with Gasteiger partial charge in [0.2, 0.25) is 0 Å². The molecule has 1 aromatic heterocycles. The predicted octanol–water partition coefficient (Wildman–Crippen LogP) is 5.23. The average molecular weight is 338 g/mol. The Morgan fingerprint density at radius 1 is 1.12 bits per heavy atom. The summed E-state index contributed by atoms with van der Waals surface area (Å²) in [6.45, 7) is 7.90. The van der Waals surface area contributed by atoms with Crippen LogP contribution in [0.25, 0.3) is 11.0 Å². The van der Waals surface area contributed by atoms with Gasteiger partial charge in [0.1, 0.15) is 28.3 Å². The number of hydrogen-bond donors (Lipinski definition) is 0. The van der Waals surface area contributed by atoms with Gasteiger partial charge in [0.15, 0.2) is 0 Å². The Kier molecular flexibility index (Phi) is 4.53. The van der Waals surface area contributed by atoms with Gasteiger partial charge < -0.3 is 13.9 Å². The van der Waals surface area contributed by atoms with E-state index in [0.717, 1.165) is 5.56 Å². The van der Waals surface area contributed by atoms with Gasteiger partial charge in [0, 0.05) is 5.39 Å². The van der Waals surface area contributed by atoms with E-state index in [1.165, 1.54) is 0 Å². The largest absolute Gasteiger partial charge is 0.483 e. The zero-order chi connectivity index (χ0) is 18.0. The summed E-state index contributed by atoms with van der Waals surface area (Å²) in [6.07, 6.45) is 0. The first-order valence-electron chi connectivity index (χ1n) is 8.37. The van der Waals surface area contributed by atoms with Crippen LogP contribution in [0, 0.1) is 6.92 Å². The van der Waals surface area contributed by atoms with Gasteiger partial charge in [-0.1, -0.05) is 30.3 Å². The van der Waals surface area contributed by atoms with Crippen LogP contribution in [0.2, 0.25) is 0 Å². The number of fused-ring (bicyclic) bond motifs is 1. The number of benzene rings is 2. The first-order valence-corrected chi connectivity index (χ1v) is 8.37. The average Bonchev–Trinajstić information content (AvgIpc) is 2.91. The summed E-state index contributed by atoms with van der Waals surface area (Å²) in [4.78, 5) is 12.2. The molecule has 0 N–H and O–H groups in total. The third kappa shape index (κ3) is 3.38. The molecule has 0 spiro atoms. The number of esters is 1. The number of ether oxygens (including phenoxy) is 2. The van der Waals surface area contributed by atoms with Crippen molar-refractivity contribution in [1.29, 1.82) is 0 Å².